The van der Waals surface area contributed by atoms with Crippen LogP contribution in [0.1, 0.15) is 22.3 Å². The van der Waals surface area contributed by atoms with Gasteiger partial charge in [-0.1, -0.05) is 6.07 Å². The van der Waals surface area contributed by atoms with E-state index in [1.54, 1.807) is 36.5 Å². The van der Waals surface area contributed by atoms with Crippen LogP contribution >= 0.6 is 0 Å². The molecule has 0 fully saturated rings. The molecule has 8 nitrogen and oxygen atoms in total. The Hall–Kier alpha value is -3.42. The number of amides is 2. The average Bonchev–Trinajstić information content (AvgIpc) is 2.62. The highest BCUT2D eigenvalue weighted by molar-refractivity contribution is 5.95. The maximum absolute atomic E-state index is 12.2. The van der Waals surface area contributed by atoms with Crippen molar-refractivity contribution in [3.05, 3.63) is 64.1 Å². The molecule has 0 aliphatic heterocycles. The van der Waals surface area contributed by atoms with Crippen LogP contribution in [0, 0.1) is 6.92 Å². The fourth-order valence-corrected chi connectivity index (χ4v) is 2.41. The smallest absolute Gasteiger partial charge is 0.305 e. The fraction of sp³-hybridized carbons (Fsp3) is 0.263. The molecule has 2 rings (SSSR count). The first-order valence-corrected chi connectivity index (χ1v) is 8.30. The van der Waals surface area contributed by atoms with E-state index in [0.29, 0.717) is 11.3 Å². The number of benzene rings is 1. The average molecular weight is 371 g/mol. The molecule has 0 atom stereocenters. The Morgan fingerprint density at radius 3 is 2.41 bits per heavy atom. The van der Waals surface area contributed by atoms with E-state index in [9.17, 15) is 19.2 Å². The number of rotatable bonds is 7. The second-order valence-electron chi connectivity index (χ2n) is 6.17. The molecule has 0 saturated carbocycles. The van der Waals surface area contributed by atoms with Crippen molar-refractivity contribution in [3.8, 4) is 0 Å². The maximum atomic E-state index is 12.2. The first kappa shape index (κ1) is 19.9. The Bertz CT molecular complexity index is 902. The SMILES string of the molecule is Cc1ccc(=O)n(CC(=O)Nc2ccc(C(=O)N(C)CCC(=O)O)cc2)c1. The summed E-state index contributed by atoms with van der Waals surface area (Å²) in [6.07, 6.45) is 1.48. The number of carboxylic acid groups (broad SMARTS) is 1. The zero-order valence-corrected chi connectivity index (χ0v) is 15.1. The summed E-state index contributed by atoms with van der Waals surface area (Å²) in [4.78, 5) is 48.0. The molecule has 1 heterocycles. The molecule has 2 aromatic rings. The zero-order valence-electron chi connectivity index (χ0n) is 15.1. The molecular weight excluding hydrogens is 350 g/mol. The maximum Gasteiger partial charge on any atom is 0.305 e. The highest BCUT2D eigenvalue weighted by Gasteiger charge is 2.13. The van der Waals surface area contributed by atoms with Gasteiger partial charge in [0.25, 0.3) is 11.5 Å². The van der Waals surface area contributed by atoms with Crippen molar-refractivity contribution in [1.29, 1.82) is 0 Å². The third kappa shape index (κ3) is 5.81. The molecule has 0 unspecified atom stereocenters. The number of hydrogen-bond acceptors (Lipinski definition) is 4. The Kier molecular flexibility index (Phi) is 6.48. The van der Waals surface area contributed by atoms with Crippen LogP contribution in [0.25, 0.3) is 0 Å². The topological polar surface area (TPSA) is 109 Å². The molecule has 8 heteroatoms. The van der Waals surface area contributed by atoms with Crippen molar-refractivity contribution >= 4 is 23.5 Å². The van der Waals surface area contributed by atoms with Gasteiger partial charge in [-0.2, -0.15) is 0 Å². The molecule has 0 aliphatic carbocycles. The van der Waals surface area contributed by atoms with E-state index in [1.807, 2.05) is 6.92 Å². The van der Waals surface area contributed by atoms with Crippen molar-refractivity contribution in [2.24, 2.45) is 0 Å². The summed E-state index contributed by atoms with van der Waals surface area (Å²) in [7, 11) is 1.53. The predicted molar refractivity (Wildman–Crippen MR) is 99.7 cm³/mol. The second kappa shape index (κ2) is 8.79. The lowest BCUT2D eigenvalue weighted by Crippen LogP contribution is -2.29. The van der Waals surface area contributed by atoms with Crippen molar-refractivity contribution in [2.45, 2.75) is 19.9 Å². The molecule has 1 aromatic heterocycles. The molecule has 2 amide bonds. The number of aryl methyl sites for hydroxylation is 1. The van der Waals surface area contributed by atoms with E-state index >= 15 is 0 Å². The van der Waals surface area contributed by atoms with Crippen LogP contribution in [-0.4, -0.2) is 45.9 Å². The van der Waals surface area contributed by atoms with E-state index in [2.05, 4.69) is 5.32 Å². The summed E-state index contributed by atoms with van der Waals surface area (Å²) in [5, 5.41) is 11.3. The Balaban J connectivity index is 1.97. The van der Waals surface area contributed by atoms with Gasteiger partial charge < -0.3 is 19.9 Å². The van der Waals surface area contributed by atoms with Gasteiger partial charge in [-0.05, 0) is 36.8 Å². The van der Waals surface area contributed by atoms with E-state index in [-0.39, 0.29) is 36.9 Å². The summed E-state index contributed by atoms with van der Waals surface area (Å²) in [5.41, 5.74) is 1.49. The van der Waals surface area contributed by atoms with Gasteiger partial charge in [0.2, 0.25) is 5.91 Å². The molecule has 0 bridgehead atoms. The molecule has 0 spiro atoms. The van der Waals surface area contributed by atoms with Crippen LogP contribution in [0.5, 0.6) is 0 Å². The number of anilines is 1. The van der Waals surface area contributed by atoms with E-state index < -0.39 is 5.97 Å². The lowest BCUT2D eigenvalue weighted by molar-refractivity contribution is -0.137. The number of nitrogens with zero attached hydrogens (tertiary/aromatic N) is 2. The van der Waals surface area contributed by atoms with Gasteiger partial charge in [0, 0.05) is 37.1 Å². The van der Waals surface area contributed by atoms with Gasteiger partial charge in [-0.15, -0.1) is 0 Å². The van der Waals surface area contributed by atoms with Crippen molar-refractivity contribution in [3.63, 3.8) is 0 Å². The van der Waals surface area contributed by atoms with Gasteiger partial charge in [-0.25, -0.2) is 0 Å². The zero-order chi connectivity index (χ0) is 20.0. The van der Waals surface area contributed by atoms with Crippen LogP contribution < -0.4 is 10.9 Å². The lowest BCUT2D eigenvalue weighted by atomic mass is 10.2. The molecule has 142 valence electrons. The molecule has 27 heavy (non-hydrogen) atoms. The number of nitrogens with one attached hydrogen (secondary N) is 1. The minimum Gasteiger partial charge on any atom is -0.481 e. The number of aromatic nitrogens is 1. The van der Waals surface area contributed by atoms with Gasteiger partial charge >= 0.3 is 5.97 Å². The molecule has 0 aliphatic rings. The van der Waals surface area contributed by atoms with E-state index in [0.717, 1.165) is 5.56 Å². The van der Waals surface area contributed by atoms with Crippen LogP contribution in [0.3, 0.4) is 0 Å². The Labute approximate surface area is 156 Å². The lowest BCUT2D eigenvalue weighted by Gasteiger charge is -2.16. The summed E-state index contributed by atoms with van der Waals surface area (Å²) in [6.45, 7) is 1.83. The highest BCUT2D eigenvalue weighted by atomic mass is 16.4. The predicted octanol–water partition coefficient (Wildman–Crippen LogP) is 1.34. The standard InChI is InChI=1S/C19H21N3O5/c1-13-3-8-17(24)22(11-13)12-16(23)20-15-6-4-14(5-7-15)19(27)21(2)10-9-18(25)26/h3-8,11H,9-10,12H2,1-2H3,(H,20,23)(H,25,26). The highest BCUT2D eigenvalue weighted by Crippen LogP contribution is 2.11. The molecule has 2 N–H and O–H groups in total. The number of aliphatic carboxylic acids is 1. The van der Waals surface area contributed by atoms with Crippen molar-refractivity contribution < 1.29 is 19.5 Å². The first-order valence-electron chi connectivity index (χ1n) is 8.30. The van der Waals surface area contributed by atoms with Crippen molar-refractivity contribution in [2.75, 3.05) is 18.9 Å². The van der Waals surface area contributed by atoms with Crippen LogP contribution in [-0.2, 0) is 16.1 Å². The van der Waals surface area contributed by atoms with Crippen LogP contribution in [0.4, 0.5) is 5.69 Å². The van der Waals surface area contributed by atoms with Gasteiger partial charge in [0.15, 0.2) is 0 Å². The quantitative estimate of drug-likeness (QED) is 0.763. The van der Waals surface area contributed by atoms with Gasteiger partial charge in [0.05, 0.1) is 6.42 Å². The first-order chi connectivity index (χ1) is 12.8. The molecule has 1 aromatic carbocycles. The number of carbonyl (C=O) groups excluding carboxylic acids is 2. The monoisotopic (exact) mass is 371 g/mol. The number of pyridine rings is 1. The molecular formula is C19H21N3O5. The second-order valence-corrected chi connectivity index (χ2v) is 6.17. The summed E-state index contributed by atoms with van der Waals surface area (Å²) in [5.74, 6) is -1.64. The summed E-state index contributed by atoms with van der Waals surface area (Å²) < 4.78 is 1.32. The Morgan fingerprint density at radius 1 is 1.11 bits per heavy atom. The number of carboxylic acids is 1. The largest absolute Gasteiger partial charge is 0.481 e. The summed E-state index contributed by atoms with van der Waals surface area (Å²) in [6, 6.07) is 9.34. The third-order valence-corrected chi connectivity index (χ3v) is 3.87. The minimum atomic E-state index is -0.972. The van der Waals surface area contributed by atoms with Crippen molar-refractivity contribution in [1.82, 2.24) is 9.47 Å². The molecule has 0 radical (unpaired) electrons. The Morgan fingerprint density at radius 2 is 1.78 bits per heavy atom. The number of carbonyl (C=O) groups is 3. The van der Waals surface area contributed by atoms with E-state index in [4.69, 9.17) is 5.11 Å². The minimum absolute atomic E-state index is 0.109. The fourth-order valence-electron chi connectivity index (χ4n) is 2.41. The van der Waals surface area contributed by atoms with Crippen LogP contribution in [0.15, 0.2) is 47.4 Å². The normalized spacial score (nSPS) is 10.3. The summed E-state index contributed by atoms with van der Waals surface area (Å²) >= 11 is 0. The van der Waals surface area contributed by atoms with Gasteiger partial charge in [0.1, 0.15) is 6.54 Å². The third-order valence-electron chi connectivity index (χ3n) is 3.87. The van der Waals surface area contributed by atoms with Crippen LogP contribution in [0.2, 0.25) is 0 Å². The van der Waals surface area contributed by atoms with Gasteiger partial charge in [-0.3, -0.25) is 19.2 Å². The number of hydrogen-bond donors (Lipinski definition) is 2. The van der Waals surface area contributed by atoms with E-state index in [1.165, 1.54) is 22.6 Å². The molecule has 0 saturated heterocycles.